The fourth-order valence-corrected chi connectivity index (χ4v) is 2.78. The van der Waals surface area contributed by atoms with Crippen molar-refractivity contribution in [2.24, 2.45) is 5.92 Å². The Morgan fingerprint density at radius 1 is 1.27 bits per heavy atom. The maximum absolute atomic E-state index is 12.3. The van der Waals surface area contributed by atoms with Gasteiger partial charge in [-0.2, -0.15) is 0 Å². The lowest BCUT2D eigenvalue weighted by Gasteiger charge is -2.29. The van der Waals surface area contributed by atoms with Crippen molar-refractivity contribution < 1.29 is 28.2 Å². The van der Waals surface area contributed by atoms with Crippen LogP contribution in [0.25, 0.3) is 11.1 Å². The molecule has 1 saturated heterocycles. The second-order valence-electron chi connectivity index (χ2n) is 6.89. The van der Waals surface area contributed by atoms with E-state index in [4.69, 9.17) is 18.6 Å². The molecule has 0 aliphatic carbocycles. The molecule has 0 spiro atoms. The number of fused-ring (bicyclic) bond motifs is 1. The van der Waals surface area contributed by atoms with Gasteiger partial charge in [0.2, 0.25) is 0 Å². The van der Waals surface area contributed by atoms with Gasteiger partial charge in [0.25, 0.3) is 6.29 Å². The van der Waals surface area contributed by atoms with Gasteiger partial charge in [-0.25, -0.2) is 9.59 Å². The molecule has 1 aliphatic heterocycles. The predicted molar refractivity (Wildman–Crippen MR) is 92.7 cm³/mol. The van der Waals surface area contributed by atoms with Gasteiger partial charge in [0.15, 0.2) is 5.58 Å². The minimum atomic E-state index is -1.03. The molecule has 1 aliphatic rings. The number of rotatable bonds is 5. The van der Waals surface area contributed by atoms with Crippen LogP contribution in [0, 0.1) is 5.92 Å². The largest absolute Gasteiger partial charge is 0.511 e. The molecule has 8 nitrogen and oxygen atoms in total. The minimum absolute atomic E-state index is 0.169. The number of nitrogens with zero attached hydrogens (tertiary/aromatic N) is 1. The number of carbonyl (C=O) groups excluding carboxylic acids is 2. The van der Waals surface area contributed by atoms with E-state index in [1.165, 1.54) is 6.26 Å². The van der Waals surface area contributed by atoms with Gasteiger partial charge < -0.3 is 28.5 Å². The summed E-state index contributed by atoms with van der Waals surface area (Å²) >= 11 is 0. The van der Waals surface area contributed by atoms with Crippen molar-refractivity contribution in [3.8, 4) is 0 Å². The molecule has 3 rings (SSSR count). The lowest BCUT2D eigenvalue weighted by Crippen LogP contribution is -2.37. The number of nitrogens with one attached hydrogen (secondary N) is 1. The van der Waals surface area contributed by atoms with Crippen molar-refractivity contribution in [1.82, 2.24) is 9.88 Å². The van der Waals surface area contributed by atoms with Crippen LogP contribution in [0.2, 0.25) is 0 Å². The van der Waals surface area contributed by atoms with Crippen molar-refractivity contribution in [3.63, 3.8) is 0 Å². The van der Waals surface area contributed by atoms with Crippen LogP contribution in [-0.4, -0.2) is 54.5 Å². The average molecular weight is 364 g/mol. The lowest BCUT2D eigenvalue weighted by molar-refractivity contribution is -0.122. The zero-order valence-corrected chi connectivity index (χ0v) is 15.2. The Hall–Kier alpha value is -2.48. The highest BCUT2D eigenvalue weighted by molar-refractivity contribution is 5.93. The second kappa shape index (κ2) is 7.82. The average Bonchev–Trinajstić information content (AvgIpc) is 3.18. The van der Waals surface area contributed by atoms with Crippen LogP contribution >= 0.6 is 0 Å². The van der Waals surface area contributed by atoms with E-state index in [1.807, 2.05) is 7.05 Å². The quantitative estimate of drug-likeness (QED) is 0.643. The predicted octanol–water partition coefficient (Wildman–Crippen LogP) is 3.15. The van der Waals surface area contributed by atoms with Crippen molar-refractivity contribution in [3.05, 3.63) is 24.1 Å². The third-order valence-corrected chi connectivity index (χ3v) is 4.37. The molecule has 1 fully saturated rings. The number of hydrogen-bond acceptors (Lipinski definition) is 7. The SMILES string of the molecule is CC(C)C(OC(=O)OC1CCN(C)CC1)OC(=O)c1cc2occc2[nH]1. The maximum Gasteiger partial charge on any atom is 0.511 e. The Balaban J connectivity index is 1.55. The summed E-state index contributed by atoms with van der Waals surface area (Å²) in [4.78, 5) is 29.4. The third kappa shape index (κ3) is 4.37. The number of hydrogen-bond donors (Lipinski definition) is 1. The number of aromatic amines is 1. The van der Waals surface area contributed by atoms with E-state index in [0.717, 1.165) is 25.9 Å². The van der Waals surface area contributed by atoms with Crippen LogP contribution in [0.5, 0.6) is 0 Å². The number of carbonyl (C=O) groups is 2. The number of aromatic nitrogens is 1. The summed E-state index contributed by atoms with van der Waals surface area (Å²) in [7, 11) is 2.03. The Morgan fingerprint density at radius 3 is 2.65 bits per heavy atom. The molecule has 0 saturated carbocycles. The Morgan fingerprint density at radius 2 is 2.00 bits per heavy atom. The third-order valence-electron chi connectivity index (χ3n) is 4.37. The van der Waals surface area contributed by atoms with Crippen molar-refractivity contribution in [2.45, 2.75) is 39.1 Å². The van der Waals surface area contributed by atoms with Gasteiger partial charge >= 0.3 is 12.1 Å². The number of esters is 1. The molecule has 1 N–H and O–H groups in total. The van der Waals surface area contributed by atoms with E-state index in [2.05, 4.69) is 9.88 Å². The van der Waals surface area contributed by atoms with Crippen LogP contribution in [0.4, 0.5) is 4.79 Å². The van der Waals surface area contributed by atoms with Gasteiger partial charge in [-0.1, -0.05) is 13.8 Å². The summed E-state index contributed by atoms with van der Waals surface area (Å²) in [5, 5.41) is 0. The number of piperidine rings is 1. The molecule has 1 unspecified atom stereocenters. The van der Waals surface area contributed by atoms with Gasteiger partial charge in [-0.3, -0.25) is 0 Å². The fourth-order valence-electron chi connectivity index (χ4n) is 2.78. The molecule has 0 radical (unpaired) electrons. The summed E-state index contributed by atoms with van der Waals surface area (Å²) in [6.45, 7) is 5.33. The summed E-state index contributed by atoms with van der Waals surface area (Å²) in [5.74, 6) is -0.843. The number of ether oxygens (including phenoxy) is 3. The molecular formula is C18H24N2O6. The smallest absolute Gasteiger partial charge is 0.463 e. The van der Waals surface area contributed by atoms with Crippen LogP contribution in [-0.2, 0) is 14.2 Å². The molecule has 1 atom stereocenters. The molecule has 2 aromatic heterocycles. The monoisotopic (exact) mass is 364 g/mol. The summed E-state index contributed by atoms with van der Waals surface area (Å²) < 4.78 is 21.1. The maximum atomic E-state index is 12.3. The first-order valence-corrected chi connectivity index (χ1v) is 8.75. The van der Waals surface area contributed by atoms with Crippen LogP contribution in [0.1, 0.15) is 37.2 Å². The van der Waals surface area contributed by atoms with Crippen LogP contribution < -0.4 is 0 Å². The van der Waals surface area contributed by atoms with Gasteiger partial charge in [0.1, 0.15) is 11.8 Å². The van der Waals surface area contributed by atoms with E-state index in [9.17, 15) is 9.59 Å². The van der Waals surface area contributed by atoms with Crippen LogP contribution in [0.3, 0.4) is 0 Å². The van der Waals surface area contributed by atoms with Gasteiger partial charge in [0.05, 0.1) is 11.8 Å². The summed E-state index contributed by atoms with van der Waals surface area (Å²) in [6.07, 6.45) is 1.04. The van der Waals surface area contributed by atoms with E-state index in [1.54, 1.807) is 26.0 Å². The molecule has 26 heavy (non-hydrogen) atoms. The summed E-state index contributed by atoms with van der Waals surface area (Å²) in [6, 6.07) is 3.26. The number of furan rings is 1. The standard InChI is InChI=1S/C18H24N2O6/c1-11(2)17(26-18(22)24-12-4-7-20(3)8-5-12)25-16(21)14-10-15-13(19-14)6-9-23-15/h6,9-12,17,19H,4-5,7-8H2,1-3H3. The Bertz CT molecular complexity index is 728. The molecule has 142 valence electrons. The van der Waals surface area contributed by atoms with Crippen molar-refractivity contribution >= 4 is 23.2 Å². The van der Waals surface area contributed by atoms with E-state index >= 15 is 0 Å². The first-order chi connectivity index (χ1) is 12.4. The van der Waals surface area contributed by atoms with E-state index in [0.29, 0.717) is 11.1 Å². The normalized spacial score (nSPS) is 17.4. The van der Waals surface area contributed by atoms with E-state index < -0.39 is 18.4 Å². The topological polar surface area (TPSA) is 94.0 Å². The van der Waals surface area contributed by atoms with Crippen molar-refractivity contribution in [1.29, 1.82) is 0 Å². The zero-order chi connectivity index (χ0) is 18.7. The summed E-state index contributed by atoms with van der Waals surface area (Å²) in [5.41, 5.74) is 1.48. The van der Waals surface area contributed by atoms with Gasteiger partial charge in [-0.15, -0.1) is 0 Å². The fraction of sp³-hybridized carbons (Fsp3) is 0.556. The highest BCUT2D eigenvalue weighted by Crippen LogP contribution is 2.19. The first-order valence-electron chi connectivity index (χ1n) is 8.75. The molecular weight excluding hydrogens is 340 g/mol. The number of H-pyrrole nitrogens is 1. The van der Waals surface area contributed by atoms with Crippen LogP contribution in [0.15, 0.2) is 22.8 Å². The molecule has 3 heterocycles. The zero-order valence-electron chi connectivity index (χ0n) is 15.2. The molecule has 8 heteroatoms. The highest BCUT2D eigenvalue weighted by Gasteiger charge is 2.28. The molecule has 0 aromatic carbocycles. The van der Waals surface area contributed by atoms with Gasteiger partial charge in [-0.05, 0) is 19.9 Å². The highest BCUT2D eigenvalue weighted by atomic mass is 16.8. The second-order valence-corrected chi connectivity index (χ2v) is 6.89. The Kier molecular flexibility index (Phi) is 5.51. The molecule has 0 amide bonds. The lowest BCUT2D eigenvalue weighted by atomic mass is 10.1. The first kappa shape index (κ1) is 18.3. The minimum Gasteiger partial charge on any atom is -0.463 e. The molecule has 2 aromatic rings. The van der Waals surface area contributed by atoms with Gasteiger partial charge in [0, 0.05) is 31.1 Å². The van der Waals surface area contributed by atoms with Crippen molar-refractivity contribution in [2.75, 3.05) is 20.1 Å². The number of likely N-dealkylation sites (tertiary alicyclic amines) is 1. The molecule has 0 bridgehead atoms. The Labute approximate surface area is 151 Å². The van der Waals surface area contributed by atoms with E-state index in [-0.39, 0.29) is 17.7 Å².